The number of anilines is 1. The third kappa shape index (κ3) is 3.40. The first-order chi connectivity index (χ1) is 8.19. The minimum Gasteiger partial charge on any atom is -0.376 e. The van der Waals surface area contributed by atoms with E-state index in [1.165, 1.54) is 4.88 Å². The van der Waals surface area contributed by atoms with Gasteiger partial charge < -0.3 is 10.1 Å². The molecule has 2 rings (SSSR count). The van der Waals surface area contributed by atoms with Gasteiger partial charge in [0, 0.05) is 36.8 Å². The van der Waals surface area contributed by atoms with Crippen LogP contribution in [-0.2, 0) is 11.3 Å². The zero-order valence-corrected chi connectivity index (χ0v) is 11.6. The Hall–Kier alpha value is -0.650. The maximum absolute atomic E-state index is 5.64. The van der Waals surface area contributed by atoms with Crippen LogP contribution in [-0.4, -0.2) is 41.7 Å². The quantitative estimate of drug-likeness (QED) is 0.895. The Kier molecular flexibility index (Phi) is 4.36. The summed E-state index contributed by atoms with van der Waals surface area (Å²) in [6.45, 7) is 10.2. The highest BCUT2D eigenvalue weighted by molar-refractivity contribution is 7.15. The summed E-state index contributed by atoms with van der Waals surface area (Å²) in [4.78, 5) is 8.16. The summed E-state index contributed by atoms with van der Waals surface area (Å²) in [7, 11) is 0. The van der Waals surface area contributed by atoms with Crippen molar-refractivity contribution in [3.05, 3.63) is 11.1 Å². The van der Waals surface area contributed by atoms with E-state index in [1.54, 1.807) is 11.3 Å². The topological polar surface area (TPSA) is 37.4 Å². The molecule has 1 saturated heterocycles. The van der Waals surface area contributed by atoms with Crippen LogP contribution in [0.5, 0.6) is 0 Å². The number of hydrogen-bond acceptors (Lipinski definition) is 5. The molecule has 5 heteroatoms. The van der Waals surface area contributed by atoms with Crippen molar-refractivity contribution in [2.45, 2.75) is 39.5 Å². The van der Waals surface area contributed by atoms with Gasteiger partial charge in [0.1, 0.15) is 0 Å². The predicted octanol–water partition coefficient (Wildman–Crippen LogP) is 2.18. The Bertz CT molecular complexity index is 355. The van der Waals surface area contributed by atoms with Gasteiger partial charge in [-0.1, -0.05) is 0 Å². The van der Waals surface area contributed by atoms with Crippen LogP contribution in [0.25, 0.3) is 0 Å². The van der Waals surface area contributed by atoms with Gasteiger partial charge in [-0.2, -0.15) is 0 Å². The zero-order chi connectivity index (χ0) is 12.3. The van der Waals surface area contributed by atoms with Gasteiger partial charge in [0.15, 0.2) is 5.13 Å². The van der Waals surface area contributed by atoms with Gasteiger partial charge in [-0.05, 0) is 20.8 Å². The molecule has 1 aromatic rings. The highest BCUT2D eigenvalue weighted by Gasteiger charge is 2.23. The third-order valence-electron chi connectivity index (χ3n) is 2.98. The first-order valence-corrected chi connectivity index (χ1v) is 7.05. The molecule has 2 heterocycles. The highest BCUT2D eigenvalue weighted by Crippen LogP contribution is 2.22. The molecule has 0 aliphatic carbocycles. The molecule has 0 aromatic carbocycles. The van der Waals surface area contributed by atoms with Gasteiger partial charge in [0.2, 0.25) is 0 Å². The molecule has 0 bridgehead atoms. The van der Waals surface area contributed by atoms with Crippen molar-refractivity contribution in [3.8, 4) is 0 Å². The molecule has 1 aliphatic rings. The van der Waals surface area contributed by atoms with E-state index in [-0.39, 0.29) is 0 Å². The Morgan fingerprint density at radius 2 is 2.41 bits per heavy atom. The van der Waals surface area contributed by atoms with Crippen molar-refractivity contribution in [3.63, 3.8) is 0 Å². The summed E-state index contributed by atoms with van der Waals surface area (Å²) in [6, 6.07) is 0.496. The standard InChI is InChI=1S/C12H21N3OS/c1-4-13-12-14-5-11(17-12)7-15-6-10(3)16-8-9(15)2/h5,9-10H,4,6-8H2,1-3H3,(H,13,14). The first-order valence-electron chi connectivity index (χ1n) is 6.23. The van der Waals surface area contributed by atoms with Crippen molar-refractivity contribution in [2.24, 2.45) is 0 Å². The predicted molar refractivity (Wildman–Crippen MR) is 71.6 cm³/mol. The molecule has 2 unspecified atom stereocenters. The largest absolute Gasteiger partial charge is 0.376 e. The minimum absolute atomic E-state index is 0.340. The molecule has 1 aliphatic heterocycles. The Morgan fingerprint density at radius 1 is 1.59 bits per heavy atom. The van der Waals surface area contributed by atoms with Gasteiger partial charge in [-0.15, -0.1) is 11.3 Å². The average molecular weight is 255 g/mol. The summed E-state index contributed by atoms with van der Waals surface area (Å²) in [5.74, 6) is 0. The van der Waals surface area contributed by atoms with Crippen molar-refractivity contribution in [2.75, 3.05) is 25.0 Å². The van der Waals surface area contributed by atoms with Crippen LogP contribution >= 0.6 is 11.3 Å². The fourth-order valence-corrected chi connectivity index (χ4v) is 2.91. The number of nitrogens with zero attached hydrogens (tertiary/aromatic N) is 2. The molecule has 4 nitrogen and oxygen atoms in total. The van der Waals surface area contributed by atoms with Crippen LogP contribution in [0, 0.1) is 0 Å². The lowest BCUT2D eigenvalue weighted by Gasteiger charge is -2.36. The molecule has 17 heavy (non-hydrogen) atoms. The normalized spacial score (nSPS) is 26.1. The summed E-state index contributed by atoms with van der Waals surface area (Å²) in [6.07, 6.45) is 2.32. The maximum atomic E-state index is 5.64. The molecule has 0 amide bonds. The number of hydrogen-bond donors (Lipinski definition) is 1. The van der Waals surface area contributed by atoms with E-state index in [1.807, 2.05) is 6.20 Å². The fraction of sp³-hybridized carbons (Fsp3) is 0.750. The molecular formula is C12H21N3OS. The van der Waals surface area contributed by atoms with Crippen molar-refractivity contribution >= 4 is 16.5 Å². The van der Waals surface area contributed by atoms with E-state index in [2.05, 4.69) is 36.0 Å². The average Bonchev–Trinajstić information content (AvgIpc) is 2.72. The second-order valence-corrected chi connectivity index (χ2v) is 5.70. The van der Waals surface area contributed by atoms with Gasteiger partial charge in [0.05, 0.1) is 12.7 Å². The second-order valence-electron chi connectivity index (χ2n) is 4.58. The van der Waals surface area contributed by atoms with E-state index < -0.39 is 0 Å². The number of ether oxygens (including phenoxy) is 1. The molecule has 0 spiro atoms. The third-order valence-corrected chi connectivity index (χ3v) is 3.92. The Balaban J connectivity index is 1.94. The van der Waals surface area contributed by atoms with Crippen molar-refractivity contribution in [1.82, 2.24) is 9.88 Å². The van der Waals surface area contributed by atoms with Crippen LogP contribution in [0.1, 0.15) is 25.6 Å². The van der Waals surface area contributed by atoms with E-state index in [0.29, 0.717) is 12.1 Å². The molecule has 0 radical (unpaired) electrons. The molecule has 1 N–H and O–H groups in total. The van der Waals surface area contributed by atoms with Crippen LogP contribution in [0.4, 0.5) is 5.13 Å². The van der Waals surface area contributed by atoms with Crippen molar-refractivity contribution in [1.29, 1.82) is 0 Å². The molecular weight excluding hydrogens is 234 g/mol. The van der Waals surface area contributed by atoms with E-state index >= 15 is 0 Å². The molecule has 1 fully saturated rings. The maximum Gasteiger partial charge on any atom is 0.182 e. The van der Waals surface area contributed by atoms with Gasteiger partial charge in [0.25, 0.3) is 0 Å². The number of morpholine rings is 1. The number of aromatic nitrogens is 1. The lowest BCUT2D eigenvalue weighted by Crippen LogP contribution is -2.46. The van der Waals surface area contributed by atoms with E-state index in [4.69, 9.17) is 4.74 Å². The monoisotopic (exact) mass is 255 g/mol. The zero-order valence-electron chi connectivity index (χ0n) is 10.8. The summed E-state index contributed by atoms with van der Waals surface area (Å²) in [5.41, 5.74) is 0. The van der Waals surface area contributed by atoms with Crippen LogP contribution < -0.4 is 5.32 Å². The molecule has 0 saturated carbocycles. The summed E-state index contributed by atoms with van der Waals surface area (Å²) >= 11 is 1.75. The molecule has 96 valence electrons. The number of rotatable bonds is 4. The van der Waals surface area contributed by atoms with Crippen LogP contribution in [0.15, 0.2) is 6.20 Å². The SMILES string of the molecule is CCNc1ncc(CN2CC(C)OCC2C)s1. The van der Waals surface area contributed by atoms with Crippen molar-refractivity contribution < 1.29 is 4.74 Å². The van der Waals surface area contributed by atoms with Gasteiger partial charge in [-0.25, -0.2) is 4.98 Å². The Labute approximate surface area is 107 Å². The fourth-order valence-electron chi connectivity index (χ4n) is 2.01. The van der Waals surface area contributed by atoms with Crippen LogP contribution in [0.2, 0.25) is 0 Å². The highest BCUT2D eigenvalue weighted by atomic mass is 32.1. The van der Waals surface area contributed by atoms with E-state index in [0.717, 1.165) is 31.4 Å². The number of nitrogens with one attached hydrogen (secondary N) is 1. The first kappa shape index (κ1) is 12.8. The molecule has 2 atom stereocenters. The van der Waals surface area contributed by atoms with Gasteiger partial charge >= 0.3 is 0 Å². The smallest absolute Gasteiger partial charge is 0.182 e. The molecule has 1 aromatic heterocycles. The lowest BCUT2D eigenvalue weighted by atomic mass is 10.2. The van der Waals surface area contributed by atoms with E-state index in [9.17, 15) is 0 Å². The number of thiazole rings is 1. The van der Waals surface area contributed by atoms with Gasteiger partial charge in [-0.3, -0.25) is 4.90 Å². The second kappa shape index (κ2) is 5.80. The summed E-state index contributed by atoms with van der Waals surface area (Å²) in [5, 5.41) is 4.27. The minimum atomic E-state index is 0.340. The summed E-state index contributed by atoms with van der Waals surface area (Å²) < 4.78 is 5.64. The Morgan fingerprint density at radius 3 is 3.18 bits per heavy atom. The lowest BCUT2D eigenvalue weighted by molar-refractivity contribution is -0.0523. The van der Waals surface area contributed by atoms with Crippen LogP contribution in [0.3, 0.4) is 0 Å².